The van der Waals surface area contributed by atoms with Gasteiger partial charge in [-0.15, -0.1) is 0 Å². The van der Waals surface area contributed by atoms with Crippen molar-refractivity contribution in [3.63, 3.8) is 0 Å². The Bertz CT molecular complexity index is 340. The molecule has 0 fully saturated rings. The van der Waals surface area contributed by atoms with Crippen LogP contribution in [0.4, 0.5) is 4.39 Å². The van der Waals surface area contributed by atoms with Crippen LogP contribution in [-0.2, 0) is 6.42 Å². The first-order valence-corrected chi connectivity index (χ1v) is 4.90. The van der Waals surface area contributed by atoms with Gasteiger partial charge in [-0.1, -0.05) is 6.07 Å². The van der Waals surface area contributed by atoms with Crippen LogP contribution < -0.4 is 5.73 Å². The summed E-state index contributed by atoms with van der Waals surface area (Å²) in [6.45, 7) is 0. The van der Waals surface area contributed by atoms with E-state index in [1.807, 2.05) is 0 Å². The molecule has 1 aromatic rings. The molecular formula is C11H14FNO. The largest absolute Gasteiger partial charge is 0.391 e. The van der Waals surface area contributed by atoms with Gasteiger partial charge in [0.15, 0.2) is 0 Å². The first-order valence-electron chi connectivity index (χ1n) is 4.90. The summed E-state index contributed by atoms with van der Waals surface area (Å²) in [5.74, 6) is -0.284. The van der Waals surface area contributed by atoms with Crippen molar-refractivity contribution in [3.8, 4) is 0 Å². The average Bonchev–Trinajstić information content (AvgIpc) is 2.30. The van der Waals surface area contributed by atoms with Crippen LogP contribution in [0.5, 0.6) is 0 Å². The van der Waals surface area contributed by atoms with E-state index in [-0.39, 0.29) is 5.82 Å². The van der Waals surface area contributed by atoms with Crippen LogP contribution >= 0.6 is 0 Å². The molecule has 0 aliphatic heterocycles. The highest BCUT2D eigenvalue weighted by molar-refractivity contribution is 5.32. The first-order chi connectivity index (χ1) is 6.68. The maximum absolute atomic E-state index is 13.0. The molecule has 0 saturated carbocycles. The molecule has 2 rings (SSSR count). The van der Waals surface area contributed by atoms with Crippen molar-refractivity contribution in [2.45, 2.75) is 31.4 Å². The van der Waals surface area contributed by atoms with E-state index in [4.69, 9.17) is 5.73 Å². The van der Waals surface area contributed by atoms with Crippen molar-refractivity contribution < 1.29 is 9.50 Å². The zero-order valence-corrected chi connectivity index (χ0v) is 7.91. The predicted octanol–water partition coefficient (Wildman–Crippen LogP) is 1.52. The molecule has 1 aliphatic carbocycles. The minimum atomic E-state index is -0.543. The summed E-state index contributed by atoms with van der Waals surface area (Å²) in [4.78, 5) is 0. The lowest BCUT2D eigenvalue weighted by Crippen LogP contribution is -2.25. The topological polar surface area (TPSA) is 46.2 Å². The summed E-state index contributed by atoms with van der Waals surface area (Å²) >= 11 is 0. The van der Waals surface area contributed by atoms with Gasteiger partial charge < -0.3 is 10.8 Å². The Morgan fingerprint density at radius 2 is 2.21 bits per heavy atom. The Labute approximate surface area is 82.5 Å². The molecule has 1 aliphatic rings. The summed E-state index contributed by atoms with van der Waals surface area (Å²) in [5, 5.41) is 9.65. The van der Waals surface area contributed by atoms with Crippen LogP contribution in [0.1, 0.15) is 30.0 Å². The van der Waals surface area contributed by atoms with Gasteiger partial charge in [-0.05, 0) is 42.5 Å². The van der Waals surface area contributed by atoms with Gasteiger partial charge in [-0.2, -0.15) is 0 Å². The van der Waals surface area contributed by atoms with Crippen LogP contribution in [0.15, 0.2) is 18.2 Å². The van der Waals surface area contributed by atoms with E-state index in [1.54, 1.807) is 6.07 Å². The Balaban J connectivity index is 2.44. The van der Waals surface area contributed by atoms with Gasteiger partial charge in [0.25, 0.3) is 0 Å². The normalized spacial score (nSPS) is 26.8. The van der Waals surface area contributed by atoms with Crippen LogP contribution in [0, 0.1) is 5.82 Å². The highest BCUT2D eigenvalue weighted by atomic mass is 19.1. The first kappa shape index (κ1) is 9.62. The van der Waals surface area contributed by atoms with Crippen LogP contribution in [0.3, 0.4) is 0 Å². The summed E-state index contributed by atoms with van der Waals surface area (Å²) in [6.07, 6.45) is 1.93. The van der Waals surface area contributed by atoms with Crippen molar-refractivity contribution in [3.05, 3.63) is 35.1 Å². The predicted molar refractivity (Wildman–Crippen MR) is 52.3 cm³/mol. The quantitative estimate of drug-likeness (QED) is 0.616. The molecule has 2 nitrogen and oxygen atoms in total. The van der Waals surface area contributed by atoms with Crippen molar-refractivity contribution in [1.82, 2.24) is 0 Å². The molecule has 0 heterocycles. The summed E-state index contributed by atoms with van der Waals surface area (Å²) in [5.41, 5.74) is 7.67. The third-order valence-electron chi connectivity index (χ3n) is 2.83. The van der Waals surface area contributed by atoms with E-state index >= 15 is 0 Å². The number of aliphatic hydroxyl groups excluding tert-OH is 1. The Morgan fingerprint density at radius 3 is 3.00 bits per heavy atom. The van der Waals surface area contributed by atoms with Crippen LogP contribution in [0.2, 0.25) is 0 Å². The zero-order valence-electron chi connectivity index (χ0n) is 7.91. The molecule has 76 valence electrons. The number of hydrogen-bond donors (Lipinski definition) is 2. The van der Waals surface area contributed by atoms with Gasteiger partial charge in [0.05, 0.1) is 12.1 Å². The van der Waals surface area contributed by atoms with Crippen molar-refractivity contribution >= 4 is 0 Å². The molecular weight excluding hydrogens is 181 g/mol. The molecule has 0 unspecified atom stereocenters. The number of halogens is 1. The minimum Gasteiger partial charge on any atom is -0.391 e. The van der Waals surface area contributed by atoms with E-state index in [0.29, 0.717) is 6.42 Å². The van der Waals surface area contributed by atoms with Crippen molar-refractivity contribution in [1.29, 1.82) is 0 Å². The van der Waals surface area contributed by atoms with Crippen molar-refractivity contribution in [2.75, 3.05) is 0 Å². The molecule has 0 aromatic heterocycles. The fourth-order valence-corrected chi connectivity index (χ4v) is 1.99. The molecule has 2 atom stereocenters. The van der Waals surface area contributed by atoms with Gasteiger partial charge in [-0.3, -0.25) is 0 Å². The van der Waals surface area contributed by atoms with E-state index < -0.39 is 12.1 Å². The number of aryl methyl sites for hydroxylation is 1. The highest BCUT2D eigenvalue weighted by Crippen LogP contribution is 2.27. The molecule has 0 saturated heterocycles. The SMILES string of the molecule is N[C@@H]1c2cc(F)ccc2CCC[C@@H]1O. The van der Waals surface area contributed by atoms with Gasteiger partial charge in [0, 0.05) is 0 Å². The second kappa shape index (κ2) is 3.67. The lowest BCUT2D eigenvalue weighted by atomic mass is 9.98. The number of nitrogens with two attached hydrogens (primary N) is 1. The molecule has 0 radical (unpaired) electrons. The summed E-state index contributed by atoms with van der Waals surface area (Å²) < 4.78 is 13.0. The Morgan fingerprint density at radius 1 is 1.43 bits per heavy atom. The molecule has 3 heteroatoms. The van der Waals surface area contributed by atoms with Gasteiger partial charge in [-0.25, -0.2) is 4.39 Å². The molecule has 0 bridgehead atoms. The van der Waals surface area contributed by atoms with E-state index in [0.717, 1.165) is 24.0 Å². The Hall–Kier alpha value is -0.930. The van der Waals surface area contributed by atoms with Gasteiger partial charge >= 0.3 is 0 Å². The molecule has 1 aromatic carbocycles. The number of benzene rings is 1. The second-order valence-electron chi connectivity index (χ2n) is 3.83. The molecule has 3 N–H and O–H groups in total. The third-order valence-corrected chi connectivity index (χ3v) is 2.83. The fraction of sp³-hybridized carbons (Fsp3) is 0.455. The van der Waals surface area contributed by atoms with E-state index in [1.165, 1.54) is 12.1 Å². The zero-order chi connectivity index (χ0) is 10.1. The number of rotatable bonds is 0. The average molecular weight is 195 g/mol. The van der Waals surface area contributed by atoms with Gasteiger partial charge in [0.1, 0.15) is 5.82 Å². The van der Waals surface area contributed by atoms with Crippen LogP contribution in [-0.4, -0.2) is 11.2 Å². The number of fused-ring (bicyclic) bond motifs is 1. The van der Waals surface area contributed by atoms with E-state index in [9.17, 15) is 9.50 Å². The third kappa shape index (κ3) is 1.65. The number of hydrogen-bond acceptors (Lipinski definition) is 2. The van der Waals surface area contributed by atoms with Gasteiger partial charge in [0.2, 0.25) is 0 Å². The summed E-state index contributed by atoms with van der Waals surface area (Å²) in [7, 11) is 0. The maximum atomic E-state index is 13.0. The second-order valence-corrected chi connectivity index (χ2v) is 3.83. The lowest BCUT2D eigenvalue weighted by Gasteiger charge is -2.17. The van der Waals surface area contributed by atoms with Crippen molar-refractivity contribution in [2.24, 2.45) is 5.73 Å². The maximum Gasteiger partial charge on any atom is 0.123 e. The number of aliphatic hydroxyl groups is 1. The monoisotopic (exact) mass is 195 g/mol. The smallest absolute Gasteiger partial charge is 0.123 e. The lowest BCUT2D eigenvalue weighted by molar-refractivity contribution is 0.136. The molecule has 0 spiro atoms. The van der Waals surface area contributed by atoms with E-state index in [2.05, 4.69) is 0 Å². The minimum absolute atomic E-state index is 0.284. The highest BCUT2D eigenvalue weighted by Gasteiger charge is 2.23. The standard InChI is InChI=1S/C11H14FNO/c12-8-5-4-7-2-1-3-10(14)11(13)9(7)6-8/h4-6,10-11,14H,1-3,13H2/t10-,11+/m0/s1. The summed E-state index contributed by atoms with van der Waals surface area (Å²) in [6, 6.07) is 4.21. The molecule has 0 amide bonds. The fourth-order valence-electron chi connectivity index (χ4n) is 1.99. The molecule has 14 heavy (non-hydrogen) atoms. The van der Waals surface area contributed by atoms with Crippen LogP contribution in [0.25, 0.3) is 0 Å². The Kier molecular flexibility index (Phi) is 2.52.